The summed E-state index contributed by atoms with van der Waals surface area (Å²) in [6.07, 6.45) is 43.5. The van der Waals surface area contributed by atoms with Crippen molar-refractivity contribution in [3.05, 3.63) is 0 Å². The number of carboxylic acids is 1. The molecule has 0 aliphatic carbocycles. The number of carbonyl (C=O) groups is 1. The third-order valence-electron chi connectivity index (χ3n) is 9.17. The summed E-state index contributed by atoms with van der Waals surface area (Å²) < 4.78 is 0. The zero-order chi connectivity index (χ0) is 33.3. The lowest BCUT2D eigenvalue weighted by Crippen LogP contribution is -2.34. The van der Waals surface area contributed by atoms with Crippen molar-refractivity contribution in [1.29, 1.82) is 0 Å². The Morgan fingerprint density at radius 3 is 1.02 bits per heavy atom. The second-order valence-corrected chi connectivity index (χ2v) is 13.7. The van der Waals surface area contributed by atoms with Crippen LogP contribution in [0.5, 0.6) is 0 Å². The van der Waals surface area contributed by atoms with Gasteiger partial charge in [-0.15, -0.1) is 0 Å². The Hall–Kier alpha value is -0.690. The van der Waals surface area contributed by atoms with Gasteiger partial charge < -0.3 is 26.8 Å². The molecule has 46 heavy (non-hydrogen) atoms. The van der Waals surface area contributed by atoms with Crippen LogP contribution in [0, 0.1) is 0 Å². The minimum absolute atomic E-state index is 0. The van der Waals surface area contributed by atoms with Crippen LogP contribution in [0.1, 0.15) is 226 Å². The Labute approximate surface area is 288 Å². The summed E-state index contributed by atoms with van der Waals surface area (Å²) in [7, 11) is 0. The highest BCUT2D eigenvalue weighted by molar-refractivity contribution is 5.66. The molecular weight excluding hydrogens is 572 g/mol. The third kappa shape index (κ3) is 47.7. The number of rotatable bonds is 37. The minimum Gasteiger partial charge on any atom is -0.481 e. The van der Waals surface area contributed by atoms with Gasteiger partial charge in [-0.3, -0.25) is 4.79 Å². The maximum absolute atomic E-state index is 10.3. The predicted octanol–water partition coefficient (Wildman–Crippen LogP) is 12.1. The van der Waals surface area contributed by atoms with Crippen LogP contribution in [-0.4, -0.2) is 47.1 Å². The van der Waals surface area contributed by atoms with Crippen LogP contribution in [0.4, 0.5) is 0 Å². The minimum atomic E-state index is -0.653. The molecule has 0 saturated carbocycles. The van der Waals surface area contributed by atoms with E-state index in [1.807, 2.05) is 0 Å². The third-order valence-corrected chi connectivity index (χ3v) is 9.17. The standard InChI is InChI=1S/C22H47NO2.C18H36O2.H3N/c1-2-3-4-5-6-7-8-9-10-11-12-13-14-15-16-17-18-22(21-25)23-19-20-24;1-2-3-4-5-6-7-8-9-10-11-12-13-14-15-16-17-18(19)20;/h22-25H,2-21H2,1H3;2-17H2,1H3,(H,19,20);1H3. The molecule has 6 heteroatoms. The van der Waals surface area contributed by atoms with Crippen LogP contribution in [0.25, 0.3) is 0 Å². The smallest absolute Gasteiger partial charge is 0.303 e. The SMILES string of the molecule is CCCCCCCCCCCCCCCCCC(=O)O.CCCCCCCCCCCCCCCCCCC(CO)NCCO.N. The molecule has 0 aromatic rings. The van der Waals surface area contributed by atoms with Gasteiger partial charge in [0.2, 0.25) is 0 Å². The summed E-state index contributed by atoms with van der Waals surface area (Å²) in [4.78, 5) is 10.3. The van der Waals surface area contributed by atoms with E-state index in [1.54, 1.807) is 0 Å². The van der Waals surface area contributed by atoms with Gasteiger partial charge in [0.25, 0.3) is 0 Å². The Morgan fingerprint density at radius 2 is 0.761 bits per heavy atom. The first-order valence-corrected chi connectivity index (χ1v) is 20.3. The summed E-state index contributed by atoms with van der Waals surface area (Å²) in [5.41, 5.74) is 0. The highest BCUT2D eigenvalue weighted by Crippen LogP contribution is 2.15. The molecule has 0 rings (SSSR count). The van der Waals surface area contributed by atoms with Gasteiger partial charge in [-0.05, 0) is 12.8 Å². The number of nitrogens with one attached hydrogen (secondary N) is 1. The Kier molecular flexibility index (Phi) is 50.2. The van der Waals surface area contributed by atoms with Gasteiger partial charge in [0.1, 0.15) is 0 Å². The van der Waals surface area contributed by atoms with E-state index in [0.29, 0.717) is 13.0 Å². The van der Waals surface area contributed by atoms with Crippen molar-refractivity contribution in [3.8, 4) is 0 Å². The molecule has 0 saturated heterocycles. The van der Waals surface area contributed by atoms with Crippen molar-refractivity contribution in [1.82, 2.24) is 11.5 Å². The Morgan fingerprint density at radius 1 is 0.478 bits per heavy atom. The second kappa shape index (κ2) is 46.4. The first kappa shape index (κ1) is 49.7. The number of carboxylic acid groups (broad SMARTS) is 1. The van der Waals surface area contributed by atoms with Crippen LogP contribution in [0.3, 0.4) is 0 Å². The molecule has 0 amide bonds. The molecule has 6 nitrogen and oxygen atoms in total. The molecule has 0 bridgehead atoms. The van der Waals surface area contributed by atoms with Crippen LogP contribution in [0.15, 0.2) is 0 Å². The highest BCUT2D eigenvalue weighted by atomic mass is 16.4. The van der Waals surface area contributed by atoms with E-state index in [1.165, 1.54) is 186 Å². The summed E-state index contributed by atoms with van der Waals surface area (Å²) in [6.45, 7) is 5.47. The summed E-state index contributed by atoms with van der Waals surface area (Å²) >= 11 is 0. The molecular formula is C40H86N2O4. The number of unbranched alkanes of at least 4 members (excludes halogenated alkanes) is 29. The van der Waals surface area contributed by atoms with Crippen LogP contribution < -0.4 is 11.5 Å². The van der Waals surface area contributed by atoms with Gasteiger partial charge in [-0.25, -0.2) is 0 Å². The molecule has 0 aromatic heterocycles. The first-order valence-electron chi connectivity index (χ1n) is 20.3. The Bertz CT molecular complexity index is 535. The van der Waals surface area contributed by atoms with Crippen molar-refractivity contribution in [2.75, 3.05) is 19.8 Å². The van der Waals surface area contributed by atoms with Gasteiger partial charge in [-0.2, -0.15) is 0 Å². The lowest BCUT2D eigenvalue weighted by atomic mass is 10.0. The highest BCUT2D eigenvalue weighted by Gasteiger charge is 2.05. The number of aliphatic hydroxyl groups excluding tert-OH is 2. The normalized spacial score (nSPS) is 11.6. The largest absolute Gasteiger partial charge is 0.481 e. The van der Waals surface area contributed by atoms with E-state index >= 15 is 0 Å². The maximum atomic E-state index is 10.3. The van der Waals surface area contributed by atoms with Crippen LogP contribution >= 0.6 is 0 Å². The van der Waals surface area contributed by atoms with E-state index in [9.17, 15) is 9.90 Å². The van der Waals surface area contributed by atoms with E-state index < -0.39 is 5.97 Å². The summed E-state index contributed by atoms with van der Waals surface area (Å²) in [6, 6.07) is 0.166. The van der Waals surface area contributed by atoms with E-state index in [4.69, 9.17) is 10.2 Å². The number of hydrogen-bond donors (Lipinski definition) is 5. The molecule has 7 N–H and O–H groups in total. The number of aliphatic hydroxyl groups is 2. The Balaban J connectivity index is -0.000000806. The lowest BCUT2D eigenvalue weighted by Gasteiger charge is -2.15. The molecule has 0 fully saturated rings. The lowest BCUT2D eigenvalue weighted by molar-refractivity contribution is -0.137. The van der Waals surface area contributed by atoms with E-state index in [-0.39, 0.29) is 25.4 Å². The molecule has 1 atom stereocenters. The van der Waals surface area contributed by atoms with Crippen molar-refractivity contribution in [2.24, 2.45) is 0 Å². The van der Waals surface area contributed by atoms with Crippen molar-refractivity contribution in [3.63, 3.8) is 0 Å². The summed E-state index contributed by atoms with van der Waals surface area (Å²) in [5.74, 6) is -0.653. The number of aliphatic carboxylic acids is 1. The van der Waals surface area contributed by atoms with Gasteiger partial charge in [0.05, 0.1) is 13.2 Å². The first-order chi connectivity index (χ1) is 22.1. The molecule has 280 valence electrons. The zero-order valence-electron chi connectivity index (χ0n) is 31.5. The quantitative estimate of drug-likeness (QED) is 0.0423. The average Bonchev–Trinajstić information content (AvgIpc) is 3.04. The van der Waals surface area contributed by atoms with Crippen LogP contribution in [0.2, 0.25) is 0 Å². The fourth-order valence-corrected chi connectivity index (χ4v) is 6.11. The van der Waals surface area contributed by atoms with E-state index in [2.05, 4.69) is 19.2 Å². The zero-order valence-corrected chi connectivity index (χ0v) is 31.5. The maximum Gasteiger partial charge on any atom is 0.303 e. The molecule has 0 heterocycles. The fraction of sp³-hybridized carbons (Fsp3) is 0.975. The van der Waals surface area contributed by atoms with Crippen molar-refractivity contribution < 1.29 is 20.1 Å². The van der Waals surface area contributed by atoms with Gasteiger partial charge in [0, 0.05) is 19.0 Å². The topological polar surface area (TPSA) is 125 Å². The van der Waals surface area contributed by atoms with Gasteiger partial charge in [-0.1, -0.05) is 206 Å². The fourth-order valence-electron chi connectivity index (χ4n) is 6.11. The van der Waals surface area contributed by atoms with Gasteiger partial charge >= 0.3 is 5.97 Å². The molecule has 0 spiro atoms. The second-order valence-electron chi connectivity index (χ2n) is 13.7. The average molecular weight is 659 g/mol. The molecule has 0 radical (unpaired) electrons. The van der Waals surface area contributed by atoms with E-state index in [0.717, 1.165) is 19.3 Å². The molecule has 0 aliphatic rings. The van der Waals surface area contributed by atoms with Crippen molar-refractivity contribution in [2.45, 2.75) is 232 Å². The molecule has 0 aromatic carbocycles. The monoisotopic (exact) mass is 659 g/mol. The molecule has 1 unspecified atom stereocenters. The van der Waals surface area contributed by atoms with Crippen molar-refractivity contribution >= 4 is 5.97 Å². The van der Waals surface area contributed by atoms with Gasteiger partial charge in [0.15, 0.2) is 0 Å². The van der Waals surface area contributed by atoms with Crippen LogP contribution in [-0.2, 0) is 4.79 Å². The summed E-state index contributed by atoms with van der Waals surface area (Å²) in [5, 5.41) is 29.7. The number of hydrogen-bond acceptors (Lipinski definition) is 5. The predicted molar refractivity (Wildman–Crippen MR) is 202 cm³/mol. The molecule has 0 aliphatic heterocycles.